The first kappa shape index (κ1) is 19.0. The van der Waals surface area contributed by atoms with Gasteiger partial charge in [0.05, 0.1) is 18.6 Å². The van der Waals surface area contributed by atoms with Crippen molar-refractivity contribution in [1.29, 1.82) is 0 Å². The van der Waals surface area contributed by atoms with Crippen molar-refractivity contribution in [3.8, 4) is 5.75 Å². The van der Waals surface area contributed by atoms with Gasteiger partial charge >= 0.3 is 0 Å². The number of thioether (sulfide) groups is 1. The van der Waals surface area contributed by atoms with Gasteiger partial charge in [-0.15, -0.1) is 0 Å². The molecule has 1 aromatic carbocycles. The molecule has 0 aromatic heterocycles. The van der Waals surface area contributed by atoms with Crippen LogP contribution in [0.2, 0.25) is 0 Å². The molecule has 1 fully saturated rings. The summed E-state index contributed by atoms with van der Waals surface area (Å²) in [4.78, 5) is 37.3. The van der Waals surface area contributed by atoms with E-state index < -0.39 is 0 Å². The second-order valence-electron chi connectivity index (χ2n) is 5.28. The van der Waals surface area contributed by atoms with E-state index in [0.29, 0.717) is 17.1 Å². The minimum absolute atomic E-state index is 0.120. The highest BCUT2D eigenvalue weighted by atomic mass is 32.2. The Morgan fingerprint density at radius 2 is 2.04 bits per heavy atom. The molecule has 0 unspecified atom stereocenters. The second-order valence-corrected chi connectivity index (χ2v) is 6.28. The van der Waals surface area contributed by atoms with Crippen LogP contribution in [-0.4, -0.2) is 53.9 Å². The maximum absolute atomic E-state index is 12.3. The van der Waals surface area contributed by atoms with Gasteiger partial charge in [0.1, 0.15) is 5.75 Å². The minimum Gasteiger partial charge on any atom is -0.497 e. The molecule has 0 saturated carbocycles. The first-order chi connectivity index (χ1) is 12.0. The first-order valence-corrected chi connectivity index (χ1v) is 8.63. The third kappa shape index (κ3) is 5.33. The molecule has 25 heavy (non-hydrogen) atoms. The molecule has 1 aromatic rings. The summed E-state index contributed by atoms with van der Waals surface area (Å²) in [6.45, 7) is 0.271. The van der Waals surface area contributed by atoms with Crippen molar-refractivity contribution < 1.29 is 24.2 Å². The van der Waals surface area contributed by atoms with E-state index >= 15 is 0 Å². The Hall–Kier alpha value is -2.32. The van der Waals surface area contributed by atoms with Gasteiger partial charge in [0.25, 0.3) is 11.1 Å². The fourth-order valence-corrected chi connectivity index (χ4v) is 3.09. The van der Waals surface area contributed by atoms with Crippen LogP contribution in [0.25, 0.3) is 6.08 Å². The van der Waals surface area contributed by atoms with Crippen molar-refractivity contribution in [2.45, 2.75) is 12.8 Å². The number of carbonyl (C=O) groups is 3. The predicted molar refractivity (Wildman–Crippen MR) is 95.0 cm³/mol. The van der Waals surface area contributed by atoms with Crippen LogP contribution in [0.3, 0.4) is 0 Å². The lowest BCUT2D eigenvalue weighted by Crippen LogP contribution is -2.31. The molecule has 1 aliphatic rings. The Morgan fingerprint density at radius 1 is 1.32 bits per heavy atom. The summed E-state index contributed by atoms with van der Waals surface area (Å²) >= 11 is 0.893. The second kappa shape index (κ2) is 9.24. The molecule has 2 rings (SSSR count). The number of carbonyl (C=O) groups excluding carboxylic acids is 3. The molecule has 1 heterocycles. The van der Waals surface area contributed by atoms with Crippen LogP contribution in [0.15, 0.2) is 29.2 Å². The molecule has 8 heteroatoms. The molecule has 0 spiro atoms. The molecule has 0 aliphatic carbocycles. The topological polar surface area (TPSA) is 95.9 Å². The normalized spacial score (nSPS) is 15.8. The summed E-state index contributed by atoms with van der Waals surface area (Å²) in [6, 6.07) is 7.17. The van der Waals surface area contributed by atoms with Gasteiger partial charge in [-0.05, 0) is 42.0 Å². The predicted octanol–water partition coefficient (Wildman–Crippen LogP) is 1.62. The lowest BCUT2D eigenvalue weighted by atomic mass is 10.2. The SMILES string of the molecule is COc1ccc(C=C2SC(=O)N(CCCC(=O)NCCO)C2=O)cc1. The number of aliphatic hydroxyl groups is 1. The van der Waals surface area contributed by atoms with Crippen LogP contribution in [0, 0.1) is 0 Å². The van der Waals surface area contributed by atoms with E-state index in [-0.39, 0.29) is 43.2 Å². The van der Waals surface area contributed by atoms with Crippen LogP contribution < -0.4 is 10.1 Å². The molecule has 0 radical (unpaired) electrons. The number of hydrogen-bond donors (Lipinski definition) is 2. The number of rotatable bonds is 8. The van der Waals surface area contributed by atoms with E-state index in [9.17, 15) is 14.4 Å². The number of methoxy groups -OCH3 is 1. The monoisotopic (exact) mass is 364 g/mol. The van der Waals surface area contributed by atoms with Crippen molar-refractivity contribution in [2.24, 2.45) is 0 Å². The molecule has 2 N–H and O–H groups in total. The largest absolute Gasteiger partial charge is 0.497 e. The van der Waals surface area contributed by atoms with E-state index in [1.807, 2.05) is 0 Å². The third-order valence-electron chi connectivity index (χ3n) is 3.51. The molecule has 0 atom stereocenters. The summed E-state index contributed by atoms with van der Waals surface area (Å²) in [5.74, 6) is 0.154. The molecule has 1 saturated heterocycles. The smallest absolute Gasteiger partial charge is 0.293 e. The maximum atomic E-state index is 12.3. The standard InChI is InChI=1S/C17H20N2O5S/c1-24-13-6-4-12(5-7-13)11-14-16(22)19(17(23)25-14)9-2-3-15(21)18-8-10-20/h4-7,11,20H,2-3,8-10H2,1H3,(H,18,21). The van der Waals surface area contributed by atoms with Gasteiger partial charge in [0, 0.05) is 19.5 Å². The van der Waals surface area contributed by atoms with E-state index in [1.165, 1.54) is 0 Å². The van der Waals surface area contributed by atoms with Crippen LogP contribution in [0.4, 0.5) is 4.79 Å². The van der Waals surface area contributed by atoms with Crippen molar-refractivity contribution in [3.63, 3.8) is 0 Å². The van der Waals surface area contributed by atoms with Gasteiger partial charge in [-0.1, -0.05) is 12.1 Å². The Kier molecular flexibility index (Phi) is 7.03. The number of imide groups is 1. The van der Waals surface area contributed by atoms with Gasteiger partial charge in [0.2, 0.25) is 5.91 Å². The zero-order chi connectivity index (χ0) is 18.2. The van der Waals surface area contributed by atoms with Gasteiger partial charge in [-0.2, -0.15) is 0 Å². The summed E-state index contributed by atoms with van der Waals surface area (Å²) in [5.41, 5.74) is 0.801. The Bertz CT molecular complexity index is 672. The quantitative estimate of drug-likeness (QED) is 0.681. The molecule has 3 amide bonds. The van der Waals surface area contributed by atoms with Crippen LogP contribution in [0.5, 0.6) is 5.75 Å². The molecule has 1 aliphatic heterocycles. The molecular formula is C17H20N2O5S. The van der Waals surface area contributed by atoms with Crippen molar-refractivity contribution >= 4 is 34.9 Å². The summed E-state index contributed by atoms with van der Waals surface area (Å²) < 4.78 is 5.08. The lowest BCUT2D eigenvalue weighted by Gasteiger charge is -2.11. The third-order valence-corrected chi connectivity index (χ3v) is 4.41. The van der Waals surface area contributed by atoms with Crippen molar-refractivity contribution in [2.75, 3.05) is 26.8 Å². The van der Waals surface area contributed by atoms with E-state index in [0.717, 1.165) is 22.2 Å². The summed E-state index contributed by atoms with van der Waals surface area (Å²) in [5, 5.41) is 10.8. The van der Waals surface area contributed by atoms with Gasteiger partial charge in [-0.3, -0.25) is 19.3 Å². The highest BCUT2D eigenvalue weighted by Gasteiger charge is 2.34. The van der Waals surface area contributed by atoms with Gasteiger partial charge < -0.3 is 15.2 Å². The van der Waals surface area contributed by atoms with Crippen LogP contribution in [0.1, 0.15) is 18.4 Å². The number of benzene rings is 1. The average Bonchev–Trinajstić information content (AvgIpc) is 2.88. The van der Waals surface area contributed by atoms with E-state index in [2.05, 4.69) is 5.32 Å². The Morgan fingerprint density at radius 3 is 2.68 bits per heavy atom. The summed E-state index contributed by atoms with van der Waals surface area (Å²) in [6.07, 6.45) is 2.24. The fraction of sp³-hybridized carbons (Fsp3) is 0.353. The molecule has 0 bridgehead atoms. The molecule has 7 nitrogen and oxygen atoms in total. The summed E-state index contributed by atoms with van der Waals surface area (Å²) in [7, 11) is 1.57. The number of aliphatic hydroxyl groups excluding tert-OH is 1. The average molecular weight is 364 g/mol. The van der Waals surface area contributed by atoms with Crippen molar-refractivity contribution in [3.05, 3.63) is 34.7 Å². The van der Waals surface area contributed by atoms with Crippen LogP contribution in [-0.2, 0) is 9.59 Å². The lowest BCUT2D eigenvalue weighted by molar-refractivity contribution is -0.124. The van der Waals surface area contributed by atoms with Gasteiger partial charge in [0.15, 0.2) is 0 Å². The highest BCUT2D eigenvalue weighted by molar-refractivity contribution is 8.18. The number of nitrogens with zero attached hydrogens (tertiary/aromatic N) is 1. The zero-order valence-corrected chi connectivity index (χ0v) is 14.7. The maximum Gasteiger partial charge on any atom is 0.293 e. The number of amides is 3. The van der Waals surface area contributed by atoms with Crippen LogP contribution >= 0.6 is 11.8 Å². The number of ether oxygens (including phenoxy) is 1. The Labute approximate surface area is 150 Å². The zero-order valence-electron chi connectivity index (χ0n) is 13.9. The van der Waals surface area contributed by atoms with E-state index in [1.54, 1.807) is 37.5 Å². The highest BCUT2D eigenvalue weighted by Crippen LogP contribution is 2.32. The van der Waals surface area contributed by atoms with Gasteiger partial charge in [-0.25, -0.2) is 0 Å². The van der Waals surface area contributed by atoms with E-state index in [4.69, 9.17) is 9.84 Å². The Balaban J connectivity index is 1.92. The first-order valence-electron chi connectivity index (χ1n) is 7.82. The molecular weight excluding hydrogens is 344 g/mol. The molecule has 134 valence electrons. The number of hydrogen-bond acceptors (Lipinski definition) is 6. The fourth-order valence-electron chi connectivity index (χ4n) is 2.23. The minimum atomic E-state index is -0.346. The number of nitrogens with one attached hydrogen (secondary N) is 1. The van der Waals surface area contributed by atoms with Crippen molar-refractivity contribution in [1.82, 2.24) is 10.2 Å².